The molecule has 16 heavy (non-hydrogen) atoms. The summed E-state index contributed by atoms with van der Waals surface area (Å²) in [6.07, 6.45) is -0.350. The average molecular weight is 241 g/mol. The first kappa shape index (κ1) is 11.5. The molecule has 88 valence electrons. The zero-order valence-corrected chi connectivity index (χ0v) is 10.00. The predicted octanol–water partition coefficient (Wildman–Crippen LogP) is 0.0899. The number of ether oxygens (including phenoxy) is 1. The molecule has 1 saturated heterocycles. The van der Waals surface area contributed by atoms with Crippen molar-refractivity contribution in [3.05, 3.63) is 16.6 Å². The third kappa shape index (κ3) is 2.78. The Balaban J connectivity index is 1.89. The first-order valence-corrected chi connectivity index (χ1v) is 6.16. The van der Waals surface area contributed by atoms with E-state index < -0.39 is 0 Å². The monoisotopic (exact) mass is 241 g/mol. The molecule has 1 aromatic heterocycles. The molecular formula is C10H15N3O2S. The Kier molecular flexibility index (Phi) is 3.87. The number of carbonyl (C=O) groups excluding carboxylic acids is 1. The van der Waals surface area contributed by atoms with E-state index in [1.165, 1.54) is 0 Å². The number of morpholine rings is 1. The Morgan fingerprint density at radius 2 is 2.69 bits per heavy atom. The SMILES string of the molecule is CNC(=O)[C@@H]1CN(Cc2cscn2)CCO1. The van der Waals surface area contributed by atoms with Gasteiger partial charge in [0.05, 0.1) is 17.8 Å². The van der Waals surface area contributed by atoms with E-state index in [-0.39, 0.29) is 12.0 Å². The van der Waals surface area contributed by atoms with Crippen molar-refractivity contribution >= 4 is 17.2 Å². The molecule has 0 saturated carbocycles. The fourth-order valence-electron chi connectivity index (χ4n) is 1.71. The largest absolute Gasteiger partial charge is 0.366 e. The van der Waals surface area contributed by atoms with Crippen LogP contribution in [-0.2, 0) is 16.1 Å². The Labute approximate surface area is 98.4 Å². The number of likely N-dealkylation sites (N-methyl/N-ethyl adjacent to an activating group) is 1. The lowest BCUT2D eigenvalue weighted by Gasteiger charge is -2.31. The maximum absolute atomic E-state index is 11.4. The van der Waals surface area contributed by atoms with Crippen molar-refractivity contribution in [3.63, 3.8) is 0 Å². The van der Waals surface area contributed by atoms with E-state index in [0.29, 0.717) is 13.2 Å². The number of nitrogens with one attached hydrogen (secondary N) is 1. The number of aromatic nitrogens is 1. The van der Waals surface area contributed by atoms with Gasteiger partial charge >= 0.3 is 0 Å². The number of hydrogen-bond donors (Lipinski definition) is 1. The lowest BCUT2D eigenvalue weighted by atomic mass is 10.2. The van der Waals surface area contributed by atoms with Gasteiger partial charge in [-0.2, -0.15) is 0 Å². The molecule has 1 fully saturated rings. The topological polar surface area (TPSA) is 54.5 Å². The Morgan fingerprint density at radius 3 is 3.38 bits per heavy atom. The molecule has 1 N–H and O–H groups in total. The Bertz CT molecular complexity index is 342. The number of amides is 1. The summed E-state index contributed by atoms with van der Waals surface area (Å²) < 4.78 is 5.41. The fourth-order valence-corrected chi connectivity index (χ4v) is 2.26. The van der Waals surface area contributed by atoms with Gasteiger partial charge < -0.3 is 10.1 Å². The molecule has 1 atom stereocenters. The molecule has 0 unspecified atom stereocenters. The average Bonchev–Trinajstić information content (AvgIpc) is 2.81. The summed E-state index contributed by atoms with van der Waals surface area (Å²) in [5.41, 5.74) is 2.88. The van der Waals surface area contributed by atoms with E-state index in [1.54, 1.807) is 18.4 Å². The van der Waals surface area contributed by atoms with E-state index in [4.69, 9.17) is 4.74 Å². The number of hydrogen-bond acceptors (Lipinski definition) is 5. The van der Waals surface area contributed by atoms with Crippen LogP contribution in [0.2, 0.25) is 0 Å². The van der Waals surface area contributed by atoms with Gasteiger partial charge in [-0.25, -0.2) is 4.98 Å². The van der Waals surface area contributed by atoms with Gasteiger partial charge in [-0.05, 0) is 0 Å². The van der Waals surface area contributed by atoms with Crippen molar-refractivity contribution < 1.29 is 9.53 Å². The maximum atomic E-state index is 11.4. The fraction of sp³-hybridized carbons (Fsp3) is 0.600. The molecule has 1 aliphatic heterocycles. The van der Waals surface area contributed by atoms with Crippen molar-refractivity contribution in [2.75, 3.05) is 26.7 Å². The van der Waals surface area contributed by atoms with Crippen molar-refractivity contribution in [2.24, 2.45) is 0 Å². The molecule has 2 heterocycles. The van der Waals surface area contributed by atoms with Crippen molar-refractivity contribution in [3.8, 4) is 0 Å². The molecule has 0 bridgehead atoms. The molecule has 0 aromatic carbocycles. The first-order valence-electron chi connectivity index (χ1n) is 5.22. The highest BCUT2D eigenvalue weighted by Gasteiger charge is 2.25. The van der Waals surface area contributed by atoms with Gasteiger partial charge in [0.15, 0.2) is 0 Å². The van der Waals surface area contributed by atoms with Crippen LogP contribution in [0.1, 0.15) is 5.69 Å². The molecule has 0 spiro atoms. The summed E-state index contributed by atoms with van der Waals surface area (Å²) in [6.45, 7) is 2.88. The van der Waals surface area contributed by atoms with Crippen LogP contribution in [-0.4, -0.2) is 48.6 Å². The van der Waals surface area contributed by atoms with Crippen LogP contribution >= 0.6 is 11.3 Å². The molecule has 1 amide bonds. The summed E-state index contributed by atoms with van der Waals surface area (Å²) in [6, 6.07) is 0. The highest BCUT2D eigenvalue weighted by atomic mass is 32.1. The summed E-state index contributed by atoms with van der Waals surface area (Å²) in [5.74, 6) is -0.0528. The zero-order valence-electron chi connectivity index (χ0n) is 9.18. The zero-order chi connectivity index (χ0) is 11.4. The highest BCUT2D eigenvalue weighted by molar-refractivity contribution is 7.07. The van der Waals surface area contributed by atoms with Gasteiger partial charge in [0.1, 0.15) is 6.10 Å². The van der Waals surface area contributed by atoms with Gasteiger partial charge in [0.25, 0.3) is 0 Å². The third-order valence-electron chi connectivity index (χ3n) is 2.56. The minimum atomic E-state index is -0.350. The van der Waals surface area contributed by atoms with E-state index in [1.807, 2.05) is 10.9 Å². The molecular weight excluding hydrogens is 226 g/mol. The Morgan fingerprint density at radius 1 is 1.81 bits per heavy atom. The van der Waals surface area contributed by atoms with Crippen molar-refractivity contribution in [1.29, 1.82) is 0 Å². The normalized spacial score (nSPS) is 21.9. The van der Waals surface area contributed by atoms with Crippen molar-refractivity contribution in [1.82, 2.24) is 15.2 Å². The lowest BCUT2D eigenvalue weighted by Crippen LogP contribution is -2.48. The standard InChI is InChI=1S/C10H15N3O2S/c1-11-10(14)9-5-13(2-3-15-9)4-8-6-16-7-12-8/h6-7,9H,2-5H2,1H3,(H,11,14)/t9-/m0/s1. The molecule has 1 aromatic rings. The second-order valence-corrected chi connectivity index (χ2v) is 4.41. The van der Waals surface area contributed by atoms with Crippen LogP contribution in [0.3, 0.4) is 0 Å². The van der Waals surface area contributed by atoms with Crippen LogP contribution in [0.15, 0.2) is 10.9 Å². The minimum absolute atomic E-state index is 0.0528. The van der Waals surface area contributed by atoms with E-state index >= 15 is 0 Å². The van der Waals surface area contributed by atoms with Crippen LogP contribution in [0.5, 0.6) is 0 Å². The summed E-state index contributed by atoms with van der Waals surface area (Å²) in [5, 5.41) is 4.64. The summed E-state index contributed by atoms with van der Waals surface area (Å²) in [7, 11) is 1.63. The lowest BCUT2D eigenvalue weighted by molar-refractivity contribution is -0.138. The van der Waals surface area contributed by atoms with Gasteiger partial charge in [0, 0.05) is 32.1 Å². The predicted molar refractivity (Wildman–Crippen MR) is 61.2 cm³/mol. The highest BCUT2D eigenvalue weighted by Crippen LogP contribution is 2.10. The number of carbonyl (C=O) groups is 1. The van der Waals surface area contributed by atoms with Gasteiger partial charge in [-0.3, -0.25) is 9.69 Å². The summed E-state index contributed by atoms with van der Waals surface area (Å²) in [4.78, 5) is 17.9. The van der Waals surface area contributed by atoms with E-state index in [2.05, 4.69) is 15.2 Å². The van der Waals surface area contributed by atoms with Gasteiger partial charge in [-0.1, -0.05) is 0 Å². The Hall–Kier alpha value is -0.980. The van der Waals surface area contributed by atoms with Crippen LogP contribution in [0, 0.1) is 0 Å². The van der Waals surface area contributed by atoms with Crippen LogP contribution in [0.4, 0.5) is 0 Å². The summed E-state index contributed by atoms with van der Waals surface area (Å²) >= 11 is 1.59. The smallest absolute Gasteiger partial charge is 0.250 e. The van der Waals surface area contributed by atoms with Crippen molar-refractivity contribution in [2.45, 2.75) is 12.6 Å². The molecule has 1 aliphatic rings. The van der Waals surface area contributed by atoms with E-state index in [0.717, 1.165) is 18.8 Å². The first-order chi connectivity index (χ1) is 7.79. The molecule has 2 rings (SSSR count). The molecule has 5 nitrogen and oxygen atoms in total. The van der Waals surface area contributed by atoms with Crippen LogP contribution in [0.25, 0.3) is 0 Å². The second-order valence-electron chi connectivity index (χ2n) is 3.69. The van der Waals surface area contributed by atoms with Crippen LogP contribution < -0.4 is 5.32 Å². The van der Waals surface area contributed by atoms with Gasteiger partial charge in [-0.15, -0.1) is 11.3 Å². The molecule has 0 radical (unpaired) electrons. The number of nitrogens with zero attached hydrogens (tertiary/aromatic N) is 2. The molecule has 6 heteroatoms. The maximum Gasteiger partial charge on any atom is 0.250 e. The third-order valence-corrected chi connectivity index (χ3v) is 3.19. The number of rotatable bonds is 3. The van der Waals surface area contributed by atoms with Gasteiger partial charge in [0.2, 0.25) is 5.91 Å². The second kappa shape index (κ2) is 5.38. The molecule has 0 aliphatic carbocycles. The number of thiazole rings is 1. The van der Waals surface area contributed by atoms with E-state index in [9.17, 15) is 4.79 Å². The quantitative estimate of drug-likeness (QED) is 0.815. The minimum Gasteiger partial charge on any atom is -0.366 e.